The van der Waals surface area contributed by atoms with Crippen molar-refractivity contribution in [2.75, 3.05) is 4.90 Å². The van der Waals surface area contributed by atoms with E-state index in [9.17, 15) is 0 Å². The van der Waals surface area contributed by atoms with Crippen molar-refractivity contribution in [1.82, 2.24) is 0 Å². The maximum atomic E-state index is 2.58. The van der Waals surface area contributed by atoms with Crippen molar-refractivity contribution < 1.29 is 0 Å². The standard InChI is InChI=1S/C52H43N/c1-3-10-37(11-4-1)39-18-20-40(21-19-39)42-24-28-46(29-25-42)53(45-26-22-41(23-27-45)38-12-5-2-6-13-38)50-17-9-15-48-47-14-7-8-16-49(47)52(51(48)50)43-31-35-30-36(33-43)34-44(52)32-35/h1-29,35-36,43-44H,30-34H2. The molecule has 7 aromatic rings. The highest BCUT2D eigenvalue weighted by molar-refractivity contribution is 5.92. The van der Waals surface area contributed by atoms with Gasteiger partial charge in [0.15, 0.2) is 0 Å². The molecule has 0 aromatic heterocycles. The van der Waals surface area contributed by atoms with Crippen LogP contribution in [-0.2, 0) is 5.41 Å². The highest BCUT2D eigenvalue weighted by atomic mass is 15.1. The molecule has 53 heavy (non-hydrogen) atoms. The molecule has 0 N–H and O–H groups in total. The number of nitrogens with zero attached hydrogens (tertiary/aromatic N) is 1. The minimum Gasteiger partial charge on any atom is -0.310 e. The van der Waals surface area contributed by atoms with Crippen molar-refractivity contribution in [2.45, 2.75) is 37.5 Å². The van der Waals surface area contributed by atoms with E-state index in [1.807, 2.05) is 0 Å². The summed E-state index contributed by atoms with van der Waals surface area (Å²) in [5, 5.41) is 0. The molecule has 5 aliphatic rings. The molecule has 5 aliphatic carbocycles. The molecule has 4 saturated carbocycles. The van der Waals surface area contributed by atoms with Gasteiger partial charge in [-0.05, 0) is 142 Å². The van der Waals surface area contributed by atoms with E-state index < -0.39 is 0 Å². The molecular formula is C52H43N. The quantitative estimate of drug-likeness (QED) is 0.169. The highest BCUT2D eigenvalue weighted by Gasteiger charge is 2.62. The molecule has 0 heterocycles. The lowest BCUT2D eigenvalue weighted by molar-refractivity contribution is -0.0397. The van der Waals surface area contributed by atoms with Gasteiger partial charge in [-0.1, -0.05) is 146 Å². The molecule has 0 radical (unpaired) electrons. The molecule has 4 fully saturated rings. The highest BCUT2D eigenvalue weighted by Crippen LogP contribution is 2.71. The van der Waals surface area contributed by atoms with Gasteiger partial charge in [-0.2, -0.15) is 0 Å². The second-order valence-electron chi connectivity index (χ2n) is 16.2. The first-order valence-corrected chi connectivity index (χ1v) is 19.7. The summed E-state index contributed by atoms with van der Waals surface area (Å²) in [6.07, 6.45) is 6.95. The first-order chi connectivity index (χ1) is 26.2. The monoisotopic (exact) mass is 681 g/mol. The lowest BCUT2D eigenvalue weighted by Crippen LogP contribution is -2.55. The fourth-order valence-electron chi connectivity index (χ4n) is 11.5. The van der Waals surface area contributed by atoms with Gasteiger partial charge in [0.1, 0.15) is 0 Å². The molecule has 1 spiro atoms. The van der Waals surface area contributed by atoms with Gasteiger partial charge in [-0.25, -0.2) is 0 Å². The fraction of sp³-hybridized carbons (Fsp3) is 0.192. The maximum Gasteiger partial charge on any atom is 0.0509 e. The SMILES string of the molecule is c1ccc(-c2ccc(-c3ccc(N(c4ccc(-c5ccccc5)cc4)c4cccc5c4C4(c6ccccc6-5)C5CC6CC(C5)CC4C6)cc3)cc2)cc1. The number of anilines is 3. The predicted octanol–water partition coefficient (Wildman–Crippen LogP) is 13.9. The predicted molar refractivity (Wildman–Crippen MR) is 221 cm³/mol. The summed E-state index contributed by atoms with van der Waals surface area (Å²) in [5.74, 6) is 3.21. The molecule has 0 unspecified atom stereocenters. The Balaban J connectivity index is 1.06. The topological polar surface area (TPSA) is 3.24 Å². The normalized spacial score (nSPS) is 23.2. The van der Waals surface area contributed by atoms with Crippen molar-refractivity contribution in [1.29, 1.82) is 0 Å². The van der Waals surface area contributed by atoms with Gasteiger partial charge in [-0.3, -0.25) is 0 Å². The Hall–Kier alpha value is -5.66. The van der Waals surface area contributed by atoms with Gasteiger partial charge in [0.25, 0.3) is 0 Å². The first kappa shape index (κ1) is 30.9. The zero-order valence-electron chi connectivity index (χ0n) is 30.0. The summed E-state index contributed by atoms with van der Waals surface area (Å²) in [4.78, 5) is 2.58. The average molecular weight is 682 g/mol. The van der Waals surface area contributed by atoms with Crippen LogP contribution in [0.25, 0.3) is 44.5 Å². The summed E-state index contributed by atoms with van der Waals surface area (Å²) in [5.41, 5.74) is 17.4. The molecule has 1 heteroatoms. The van der Waals surface area contributed by atoms with Crippen LogP contribution in [0.2, 0.25) is 0 Å². The number of hydrogen-bond acceptors (Lipinski definition) is 1. The molecule has 0 amide bonds. The average Bonchev–Trinajstić information content (AvgIpc) is 3.52. The molecular weight excluding hydrogens is 639 g/mol. The van der Waals surface area contributed by atoms with E-state index in [0.29, 0.717) is 11.8 Å². The Bertz CT molecular complexity index is 2400. The van der Waals surface area contributed by atoms with Gasteiger partial charge < -0.3 is 4.90 Å². The van der Waals surface area contributed by atoms with E-state index in [1.54, 1.807) is 11.1 Å². The van der Waals surface area contributed by atoms with Crippen LogP contribution in [0.5, 0.6) is 0 Å². The van der Waals surface area contributed by atoms with Crippen LogP contribution >= 0.6 is 0 Å². The summed E-state index contributed by atoms with van der Waals surface area (Å²) in [6, 6.07) is 65.6. The lowest BCUT2D eigenvalue weighted by atomic mass is 9.43. The van der Waals surface area contributed by atoms with E-state index in [2.05, 4.69) is 181 Å². The van der Waals surface area contributed by atoms with Crippen molar-refractivity contribution in [3.05, 3.63) is 187 Å². The Labute approximate surface area is 313 Å². The van der Waals surface area contributed by atoms with Crippen LogP contribution in [0.15, 0.2) is 176 Å². The molecule has 0 atom stereocenters. The Morgan fingerprint density at radius 2 is 0.774 bits per heavy atom. The molecule has 0 aliphatic heterocycles. The smallest absolute Gasteiger partial charge is 0.0509 e. The Morgan fingerprint density at radius 1 is 0.358 bits per heavy atom. The van der Waals surface area contributed by atoms with Crippen LogP contribution in [0.1, 0.15) is 43.2 Å². The minimum absolute atomic E-state index is 0.0681. The van der Waals surface area contributed by atoms with Gasteiger partial charge in [0.05, 0.1) is 5.69 Å². The van der Waals surface area contributed by atoms with Gasteiger partial charge >= 0.3 is 0 Å². The summed E-state index contributed by atoms with van der Waals surface area (Å²) in [6.45, 7) is 0. The second-order valence-corrected chi connectivity index (χ2v) is 16.2. The summed E-state index contributed by atoms with van der Waals surface area (Å²) >= 11 is 0. The zero-order valence-corrected chi connectivity index (χ0v) is 30.0. The fourth-order valence-corrected chi connectivity index (χ4v) is 11.5. The zero-order chi connectivity index (χ0) is 34.9. The Morgan fingerprint density at radius 3 is 1.28 bits per heavy atom. The van der Waals surface area contributed by atoms with Crippen LogP contribution in [0, 0.1) is 23.7 Å². The third kappa shape index (κ3) is 4.83. The molecule has 4 bridgehead atoms. The number of benzene rings is 7. The van der Waals surface area contributed by atoms with Gasteiger partial charge in [0.2, 0.25) is 0 Å². The molecule has 256 valence electrons. The largest absolute Gasteiger partial charge is 0.310 e. The van der Waals surface area contributed by atoms with Crippen molar-refractivity contribution in [3.8, 4) is 44.5 Å². The van der Waals surface area contributed by atoms with Gasteiger partial charge in [-0.15, -0.1) is 0 Å². The Kier molecular flexibility index (Phi) is 7.12. The van der Waals surface area contributed by atoms with E-state index in [1.165, 1.54) is 93.7 Å². The first-order valence-electron chi connectivity index (χ1n) is 19.7. The third-order valence-electron chi connectivity index (χ3n) is 13.5. The van der Waals surface area contributed by atoms with Crippen LogP contribution in [-0.4, -0.2) is 0 Å². The van der Waals surface area contributed by atoms with Crippen LogP contribution in [0.4, 0.5) is 17.1 Å². The number of fused-ring (bicyclic) bond motifs is 3. The molecule has 1 nitrogen and oxygen atoms in total. The summed E-state index contributed by atoms with van der Waals surface area (Å²) < 4.78 is 0. The van der Waals surface area contributed by atoms with E-state index in [4.69, 9.17) is 0 Å². The third-order valence-corrected chi connectivity index (χ3v) is 13.5. The molecule has 0 saturated heterocycles. The minimum atomic E-state index is 0.0681. The molecule has 7 aromatic carbocycles. The second kappa shape index (κ2) is 12.2. The van der Waals surface area contributed by atoms with Crippen LogP contribution in [0.3, 0.4) is 0 Å². The van der Waals surface area contributed by atoms with Crippen molar-refractivity contribution in [2.24, 2.45) is 23.7 Å². The van der Waals surface area contributed by atoms with Gasteiger partial charge in [0, 0.05) is 16.8 Å². The van der Waals surface area contributed by atoms with Crippen LogP contribution < -0.4 is 4.90 Å². The van der Waals surface area contributed by atoms with Crippen molar-refractivity contribution in [3.63, 3.8) is 0 Å². The van der Waals surface area contributed by atoms with E-state index in [-0.39, 0.29) is 5.41 Å². The maximum absolute atomic E-state index is 2.58. The van der Waals surface area contributed by atoms with E-state index in [0.717, 1.165) is 11.8 Å². The van der Waals surface area contributed by atoms with E-state index >= 15 is 0 Å². The molecule has 12 rings (SSSR count). The number of hydrogen-bond donors (Lipinski definition) is 0. The lowest BCUT2D eigenvalue weighted by Gasteiger charge is -2.61. The van der Waals surface area contributed by atoms with Crippen molar-refractivity contribution >= 4 is 17.1 Å². The number of rotatable bonds is 6. The summed E-state index contributed by atoms with van der Waals surface area (Å²) in [7, 11) is 0.